The van der Waals surface area contributed by atoms with E-state index in [0.29, 0.717) is 11.3 Å². The van der Waals surface area contributed by atoms with Crippen LogP contribution in [0, 0.1) is 5.92 Å². The summed E-state index contributed by atoms with van der Waals surface area (Å²) in [5, 5.41) is 11.6. The van der Waals surface area contributed by atoms with E-state index in [0.717, 1.165) is 48.9 Å². The van der Waals surface area contributed by atoms with Crippen LogP contribution in [-0.2, 0) is 5.60 Å². The fourth-order valence-corrected chi connectivity index (χ4v) is 4.72. The predicted molar refractivity (Wildman–Crippen MR) is 128 cm³/mol. The molecule has 0 spiro atoms. The van der Waals surface area contributed by atoms with Crippen molar-refractivity contribution >= 4 is 5.97 Å². The van der Waals surface area contributed by atoms with E-state index in [2.05, 4.69) is 4.90 Å². The Labute approximate surface area is 190 Å². The minimum Gasteiger partial charge on any atom is -0.423 e. The topological polar surface area (TPSA) is 49.8 Å². The summed E-state index contributed by atoms with van der Waals surface area (Å²) in [6.45, 7) is 0.828. The fraction of sp³-hybridized carbons (Fsp3) is 0.321. The molecule has 2 atom stereocenters. The number of ether oxygens (including phenoxy) is 1. The summed E-state index contributed by atoms with van der Waals surface area (Å²) >= 11 is 0. The molecule has 3 aromatic carbocycles. The minimum absolute atomic E-state index is 0.155. The van der Waals surface area contributed by atoms with Crippen molar-refractivity contribution in [1.82, 2.24) is 4.90 Å². The number of esters is 1. The molecule has 4 rings (SSSR count). The normalized spacial score (nSPS) is 20.8. The number of nitrogens with zero attached hydrogens (tertiary/aromatic N) is 1. The Hall–Kier alpha value is -2.95. The van der Waals surface area contributed by atoms with Crippen molar-refractivity contribution in [2.75, 3.05) is 20.6 Å². The maximum absolute atomic E-state index is 12.7. The number of aliphatic hydroxyl groups is 1. The van der Waals surface area contributed by atoms with E-state index in [9.17, 15) is 9.90 Å². The van der Waals surface area contributed by atoms with Crippen molar-refractivity contribution in [3.05, 3.63) is 90.0 Å². The Morgan fingerprint density at radius 1 is 0.969 bits per heavy atom. The molecule has 1 fully saturated rings. The van der Waals surface area contributed by atoms with E-state index in [-0.39, 0.29) is 5.92 Å². The second kappa shape index (κ2) is 9.68. The molecule has 166 valence electrons. The highest BCUT2D eigenvalue weighted by Crippen LogP contribution is 2.42. The van der Waals surface area contributed by atoms with Gasteiger partial charge in [-0.05, 0) is 67.9 Å². The molecule has 2 unspecified atom stereocenters. The highest BCUT2D eigenvalue weighted by Gasteiger charge is 2.40. The zero-order chi connectivity index (χ0) is 22.6. The standard InChI is InChI=1S/C28H31NO3/c1-29(2)20-25-11-6-7-18-28(25,31)24-12-8-13-26(19-24)32-27(30)23-16-14-22(15-17-23)21-9-4-3-5-10-21/h3-5,8-10,12-17,19,25,31H,6-7,11,18,20H2,1-2H3. The average Bonchev–Trinajstić information content (AvgIpc) is 2.81. The van der Waals surface area contributed by atoms with E-state index in [1.165, 1.54) is 0 Å². The molecule has 3 aromatic rings. The van der Waals surface area contributed by atoms with Gasteiger partial charge in [0.2, 0.25) is 0 Å². The first-order valence-corrected chi connectivity index (χ1v) is 11.3. The molecule has 4 heteroatoms. The Morgan fingerprint density at radius 3 is 2.41 bits per heavy atom. The molecule has 0 saturated heterocycles. The summed E-state index contributed by atoms with van der Waals surface area (Å²) in [5.41, 5.74) is 2.58. The van der Waals surface area contributed by atoms with Gasteiger partial charge in [0.25, 0.3) is 0 Å². The van der Waals surface area contributed by atoms with Crippen molar-refractivity contribution in [1.29, 1.82) is 0 Å². The number of rotatable bonds is 6. The summed E-state index contributed by atoms with van der Waals surface area (Å²) in [4.78, 5) is 14.9. The van der Waals surface area contributed by atoms with Crippen molar-refractivity contribution in [2.45, 2.75) is 31.3 Å². The number of hydrogen-bond donors (Lipinski definition) is 1. The molecule has 1 aliphatic rings. The molecule has 4 nitrogen and oxygen atoms in total. The van der Waals surface area contributed by atoms with Gasteiger partial charge in [0.15, 0.2) is 0 Å². The van der Waals surface area contributed by atoms with Gasteiger partial charge in [-0.3, -0.25) is 0 Å². The van der Waals surface area contributed by atoms with Gasteiger partial charge in [-0.2, -0.15) is 0 Å². The lowest BCUT2D eigenvalue weighted by Crippen LogP contribution is -2.43. The lowest BCUT2D eigenvalue weighted by Gasteiger charge is -2.41. The molecule has 1 saturated carbocycles. The van der Waals surface area contributed by atoms with Gasteiger partial charge in [0.05, 0.1) is 11.2 Å². The van der Waals surface area contributed by atoms with E-state index in [1.807, 2.05) is 74.8 Å². The number of carbonyl (C=O) groups is 1. The van der Waals surface area contributed by atoms with Crippen LogP contribution in [0.15, 0.2) is 78.9 Å². The van der Waals surface area contributed by atoms with Crippen LogP contribution in [0.3, 0.4) is 0 Å². The van der Waals surface area contributed by atoms with E-state index >= 15 is 0 Å². The van der Waals surface area contributed by atoms with Crippen molar-refractivity contribution < 1.29 is 14.6 Å². The van der Waals surface area contributed by atoms with Crippen LogP contribution < -0.4 is 4.74 Å². The van der Waals surface area contributed by atoms with Gasteiger partial charge in [-0.25, -0.2) is 4.79 Å². The molecule has 0 aliphatic heterocycles. The summed E-state index contributed by atoms with van der Waals surface area (Å²) in [6.07, 6.45) is 3.85. The molecule has 0 heterocycles. The molecule has 1 N–H and O–H groups in total. The predicted octanol–water partition coefficient (Wildman–Crippen LogP) is 5.51. The third kappa shape index (κ3) is 4.93. The second-order valence-corrected chi connectivity index (χ2v) is 8.99. The molecular weight excluding hydrogens is 398 g/mol. The molecule has 0 bridgehead atoms. The van der Waals surface area contributed by atoms with Crippen LogP contribution in [0.5, 0.6) is 5.75 Å². The van der Waals surface area contributed by atoms with Crippen molar-refractivity contribution in [3.8, 4) is 16.9 Å². The smallest absolute Gasteiger partial charge is 0.343 e. The van der Waals surface area contributed by atoms with Crippen LogP contribution in [0.25, 0.3) is 11.1 Å². The zero-order valence-corrected chi connectivity index (χ0v) is 18.8. The Kier molecular flexibility index (Phi) is 6.73. The SMILES string of the molecule is CN(C)CC1CCCCC1(O)c1cccc(OC(=O)c2ccc(-c3ccccc3)cc2)c1. The monoisotopic (exact) mass is 429 g/mol. The summed E-state index contributed by atoms with van der Waals surface area (Å²) < 4.78 is 5.68. The van der Waals surface area contributed by atoms with Crippen LogP contribution in [0.1, 0.15) is 41.6 Å². The number of benzene rings is 3. The molecule has 0 aromatic heterocycles. The maximum atomic E-state index is 12.7. The quantitative estimate of drug-likeness (QED) is 0.414. The van der Waals surface area contributed by atoms with Gasteiger partial charge < -0.3 is 14.7 Å². The van der Waals surface area contributed by atoms with E-state index < -0.39 is 11.6 Å². The lowest BCUT2D eigenvalue weighted by molar-refractivity contribution is -0.0619. The van der Waals surface area contributed by atoms with Crippen LogP contribution in [0.2, 0.25) is 0 Å². The highest BCUT2D eigenvalue weighted by molar-refractivity contribution is 5.91. The van der Waals surface area contributed by atoms with Gasteiger partial charge in [0, 0.05) is 12.5 Å². The Bertz CT molecular complexity index is 1050. The van der Waals surface area contributed by atoms with Crippen molar-refractivity contribution in [3.63, 3.8) is 0 Å². The first-order valence-electron chi connectivity index (χ1n) is 11.3. The largest absolute Gasteiger partial charge is 0.423 e. The first-order chi connectivity index (χ1) is 15.5. The first kappa shape index (κ1) is 22.3. The number of hydrogen-bond acceptors (Lipinski definition) is 4. The summed E-state index contributed by atoms with van der Waals surface area (Å²) in [6, 6.07) is 24.9. The van der Waals surface area contributed by atoms with Gasteiger partial charge in [-0.15, -0.1) is 0 Å². The van der Waals surface area contributed by atoms with Crippen LogP contribution in [-0.4, -0.2) is 36.6 Å². The van der Waals surface area contributed by atoms with Gasteiger partial charge in [-0.1, -0.05) is 67.4 Å². The summed E-state index contributed by atoms with van der Waals surface area (Å²) in [7, 11) is 4.08. The Balaban J connectivity index is 1.50. The average molecular weight is 430 g/mol. The minimum atomic E-state index is -0.901. The van der Waals surface area contributed by atoms with Crippen molar-refractivity contribution in [2.24, 2.45) is 5.92 Å². The molecule has 0 amide bonds. The Morgan fingerprint density at radius 2 is 1.69 bits per heavy atom. The van der Waals surface area contributed by atoms with E-state index in [4.69, 9.17) is 4.74 Å². The fourth-order valence-electron chi connectivity index (χ4n) is 4.72. The molecule has 1 aliphatic carbocycles. The summed E-state index contributed by atoms with van der Waals surface area (Å²) in [5.74, 6) is 0.215. The molecule has 0 radical (unpaired) electrons. The number of carbonyl (C=O) groups excluding carboxylic acids is 1. The second-order valence-electron chi connectivity index (χ2n) is 8.99. The highest BCUT2D eigenvalue weighted by atomic mass is 16.5. The lowest BCUT2D eigenvalue weighted by atomic mass is 9.71. The maximum Gasteiger partial charge on any atom is 0.343 e. The molecule has 32 heavy (non-hydrogen) atoms. The molecular formula is C28H31NO3. The van der Waals surface area contributed by atoms with Crippen LogP contribution >= 0.6 is 0 Å². The van der Waals surface area contributed by atoms with Gasteiger partial charge in [0.1, 0.15) is 5.75 Å². The zero-order valence-electron chi connectivity index (χ0n) is 18.8. The van der Waals surface area contributed by atoms with Crippen LogP contribution in [0.4, 0.5) is 0 Å². The van der Waals surface area contributed by atoms with Gasteiger partial charge >= 0.3 is 5.97 Å². The van der Waals surface area contributed by atoms with E-state index in [1.54, 1.807) is 18.2 Å². The third-order valence-electron chi connectivity index (χ3n) is 6.39. The third-order valence-corrected chi connectivity index (χ3v) is 6.39.